The predicted molar refractivity (Wildman–Crippen MR) is 147 cm³/mol. The van der Waals surface area contributed by atoms with E-state index in [9.17, 15) is 19.2 Å². The highest BCUT2D eigenvalue weighted by atomic mass is 35.5. The van der Waals surface area contributed by atoms with Crippen molar-refractivity contribution in [1.82, 2.24) is 19.4 Å². The third-order valence-corrected chi connectivity index (χ3v) is 7.16. The highest BCUT2D eigenvalue weighted by Gasteiger charge is 2.46. The summed E-state index contributed by atoms with van der Waals surface area (Å²) in [4.78, 5) is 39.2. The number of nitriles is 1. The molecule has 1 aliphatic carbocycles. The topological polar surface area (TPSA) is 104 Å². The van der Waals surface area contributed by atoms with E-state index in [2.05, 4.69) is 9.97 Å². The maximum absolute atomic E-state index is 14.9. The van der Waals surface area contributed by atoms with Gasteiger partial charge in [0.25, 0.3) is 5.91 Å². The van der Waals surface area contributed by atoms with Gasteiger partial charge in [-0.15, -0.1) is 0 Å². The number of amides is 1. The van der Waals surface area contributed by atoms with Gasteiger partial charge >= 0.3 is 0 Å². The molecular weight excluding hydrogens is 535 g/mol. The van der Waals surface area contributed by atoms with Gasteiger partial charge < -0.3 is 14.2 Å². The Kier molecular flexibility index (Phi) is 6.94. The molecule has 9 nitrogen and oxygen atoms in total. The van der Waals surface area contributed by atoms with Gasteiger partial charge in [0.15, 0.2) is 5.78 Å². The number of ether oxygens (including phenoxy) is 1. The van der Waals surface area contributed by atoms with Crippen molar-refractivity contribution in [2.45, 2.75) is 32.4 Å². The average molecular weight is 561 g/mol. The molecule has 0 N–H and O–H groups in total. The average Bonchev–Trinajstić information content (AvgIpc) is 3.44. The van der Waals surface area contributed by atoms with E-state index in [1.165, 1.54) is 30.2 Å². The molecule has 11 heteroatoms. The number of hydrogen-bond acceptors (Lipinski definition) is 7. The first-order chi connectivity index (χ1) is 19.1. The molecule has 0 saturated carbocycles. The van der Waals surface area contributed by atoms with Gasteiger partial charge in [0.05, 0.1) is 40.9 Å². The van der Waals surface area contributed by atoms with Crippen LogP contribution in [0.3, 0.4) is 0 Å². The zero-order chi connectivity index (χ0) is 28.9. The Morgan fingerprint density at radius 1 is 1.23 bits per heavy atom. The van der Waals surface area contributed by atoms with Crippen LogP contribution < -0.4 is 9.64 Å². The lowest BCUT2D eigenvalue weighted by molar-refractivity contribution is -0.116. The molecule has 5 rings (SSSR count). The number of carbonyl (C=O) groups is 2. The molecule has 0 saturated heterocycles. The Hall–Kier alpha value is -4.49. The van der Waals surface area contributed by atoms with Gasteiger partial charge in [-0.2, -0.15) is 10.2 Å². The van der Waals surface area contributed by atoms with Crippen LogP contribution >= 0.6 is 11.6 Å². The summed E-state index contributed by atoms with van der Waals surface area (Å²) in [6.07, 6.45) is 4.71. The van der Waals surface area contributed by atoms with Crippen molar-refractivity contribution < 1.29 is 18.7 Å². The highest BCUT2D eigenvalue weighted by Crippen LogP contribution is 2.47. The quantitative estimate of drug-likeness (QED) is 0.411. The van der Waals surface area contributed by atoms with E-state index in [1.54, 1.807) is 29.3 Å². The van der Waals surface area contributed by atoms with Gasteiger partial charge in [-0.25, -0.2) is 9.37 Å². The molecule has 40 heavy (non-hydrogen) atoms. The number of ketones is 1. The molecule has 1 aromatic carbocycles. The summed E-state index contributed by atoms with van der Waals surface area (Å²) in [5.41, 5.74) is 2.52. The number of carbonyl (C=O) groups excluding carboxylic acids is 2. The Morgan fingerprint density at radius 3 is 2.60 bits per heavy atom. The number of hydrogen-bond donors (Lipinski definition) is 0. The van der Waals surface area contributed by atoms with Crippen molar-refractivity contribution in [2.75, 3.05) is 26.1 Å². The van der Waals surface area contributed by atoms with Crippen molar-refractivity contribution in [3.63, 3.8) is 0 Å². The van der Waals surface area contributed by atoms with Crippen molar-refractivity contribution in [3.8, 4) is 23.2 Å². The number of methoxy groups -OCH3 is 1. The molecule has 204 valence electrons. The zero-order valence-corrected chi connectivity index (χ0v) is 23.3. The fourth-order valence-electron chi connectivity index (χ4n) is 5.14. The van der Waals surface area contributed by atoms with Crippen LogP contribution in [0.15, 0.2) is 53.3 Å². The third kappa shape index (κ3) is 4.32. The van der Waals surface area contributed by atoms with Crippen molar-refractivity contribution >= 4 is 29.2 Å². The van der Waals surface area contributed by atoms with Crippen LogP contribution in [0.5, 0.6) is 5.88 Å². The summed E-state index contributed by atoms with van der Waals surface area (Å²) in [5.74, 6) is -0.658. The van der Waals surface area contributed by atoms with E-state index in [-0.39, 0.29) is 29.5 Å². The fourth-order valence-corrected chi connectivity index (χ4v) is 5.32. The Morgan fingerprint density at radius 2 is 1.98 bits per heavy atom. The normalized spacial score (nSPS) is 16.6. The lowest BCUT2D eigenvalue weighted by Gasteiger charge is -2.31. The fraction of sp³-hybridized carbons (Fsp3) is 0.276. The van der Waals surface area contributed by atoms with E-state index in [0.29, 0.717) is 44.9 Å². The van der Waals surface area contributed by atoms with Crippen molar-refractivity contribution in [3.05, 3.63) is 81.5 Å². The molecule has 0 fully saturated rings. The second-order valence-electron chi connectivity index (χ2n) is 9.95. The largest absolute Gasteiger partial charge is 0.480 e. The molecule has 3 heterocycles. The number of anilines is 1. The number of fused-ring (bicyclic) bond motifs is 1. The second kappa shape index (κ2) is 10.2. The first-order valence-corrected chi connectivity index (χ1v) is 12.9. The zero-order valence-electron chi connectivity index (χ0n) is 22.6. The Bertz CT molecular complexity index is 1670. The minimum Gasteiger partial charge on any atom is -0.480 e. The monoisotopic (exact) mass is 560 g/mol. The van der Waals surface area contributed by atoms with Crippen LogP contribution in [0.2, 0.25) is 0 Å². The maximum Gasteiger partial charge on any atom is 0.261 e. The van der Waals surface area contributed by atoms with Crippen LogP contribution in [0.4, 0.5) is 10.3 Å². The first-order valence-electron chi connectivity index (χ1n) is 12.5. The van der Waals surface area contributed by atoms with Crippen LogP contribution in [0.25, 0.3) is 11.3 Å². The molecular formula is C29H26ClFN6O3. The summed E-state index contributed by atoms with van der Waals surface area (Å²) in [6.45, 7) is 3.92. The van der Waals surface area contributed by atoms with E-state index < -0.39 is 17.8 Å². The lowest BCUT2D eigenvalue weighted by atomic mass is 9.99. The number of benzene rings is 1. The molecule has 1 aliphatic heterocycles. The Balaban J connectivity index is 1.79. The lowest BCUT2D eigenvalue weighted by Crippen LogP contribution is -2.33. The second-order valence-corrected chi connectivity index (χ2v) is 10.4. The molecule has 3 aromatic rings. The SMILES string of the molecule is COc1nc(N(C)C)ncc1-c1cc2c(n1C(C)C)C(c1ccc(C#N)c(F)c1)N(C1=CC(Cl)=CCC1=O)C2=O. The van der Waals surface area contributed by atoms with E-state index in [1.807, 2.05) is 38.6 Å². The summed E-state index contributed by atoms with van der Waals surface area (Å²) >= 11 is 6.26. The molecule has 2 aromatic heterocycles. The molecule has 0 bridgehead atoms. The highest BCUT2D eigenvalue weighted by molar-refractivity contribution is 6.32. The molecule has 1 unspecified atom stereocenters. The number of Topliss-reactive ketones (excluding diaryl/α,β-unsaturated/α-hetero) is 1. The first kappa shape index (κ1) is 27.1. The van der Waals surface area contributed by atoms with Crippen LogP contribution in [-0.4, -0.2) is 52.3 Å². The summed E-state index contributed by atoms with van der Waals surface area (Å²) in [5, 5.41) is 9.62. The van der Waals surface area contributed by atoms with Gasteiger partial charge in [0.2, 0.25) is 11.8 Å². The number of rotatable bonds is 6. The van der Waals surface area contributed by atoms with Crippen molar-refractivity contribution in [1.29, 1.82) is 5.26 Å². The van der Waals surface area contributed by atoms with E-state index in [0.717, 1.165) is 0 Å². The van der Waals surface area contributed by atoms with Crippen molar-refractivity contribution in [2.24, 2.45) is 0 Å². The molecule has 2 aliphatic rings. The van der Waals surface area contributed by atoms with Gasteiger partial charge in [0, 0.05) is 37.8 Å². The third-order valence-electron chi connectivity index (χ3n) is 6.90. The minimum absolute atomic E-state index is 0.0370. The van der Waals surface area contributed by atoms with Gasteiger partial charge in [-0.3, -0.25) is 14.5 Å². The van der Waals surface area contributed by atoms with Crippen LogP contribution in [-0.2, 0) is 4.79 Å². The van der Waals surface area contributed by atoms with Crippen LogP contribution in [0.1, 0.15) is 59.5 Å². The minimum atomic E-state index is -0.869. The van der Waals surface area contributed by atoms with Crippen LogP contribution in [0, 0.1) is 17.1 Å². The number of aromatic nitrogens is 3. The summed E-state index contributed by atoms with van der Waals surface area (Å²) in [7, 11) is 5.14. The molecule has 1 atom stereocenters. The standard InChI is InChI=1S/C29H26ClFN6O3/c1-15(2)36-22(20-14-33-29(35(3)4)34-27(20)40-5)12-19-26(36)25(16-6-7-17(13-32)21(31)10-16)37(28(19)39)23-11-18(30)8-9-24(23)38/h6-8,10-12,14-15,25H,9H2,1-5H3. The summed E-state index contributed by atoms with van der Waals surface area (Å²) in [6, 6.07) is 6.72. The van der Waals surface area contributed by atoms with Gasteiger partial charge in [0.1, 0.15) is 17.9 Å². The molecule has 0 spiro atoms. The number of nitrogens with zero attached hydrogens (tertiary/aromatic N) is 6. The molecule has 1 amide bonds. The maximum atomic E-state index is 14.9. The molecule has 0 radical (unpaired) electrons. The van der Waals surface area contributed by atoms with Gasteiger partial charge in [-0.1, -0.05) is 23.7 Å². The van der Waals surface area contributed by atoms with E-state index in [4.69, 9.17) is 16.3 Å². The smallest absolute Gasteiger partial charge is 0.261 e. The predicted octanol–water partition coefficient (Wildman–Crippen LogP) is 5.14. The summed E-state index contributed by atoms with van der Waals surface area (Å²) < 4.78 is 22.5. The van der Waals surface area contributed by atoms with Gasteiger partial charge in [-0.05, 0) is 43.7 Å². The number of halogens is 2. The van der Waals surface area contributed by atoms with E-state index >= 15 is 0 Å². The number of allylic oxidation sites excluding steroid dienone is 4. The Labute approximate surface area is 235 Å².